The molecule has 0 aliphatic rings. The molecule has 0 aliphatic carbocycles. The van der Waals surface area contributed by atoms with E-state index in [9.17, 15) is 4.79 Å². The first kappa shape index (κ1) is 12.7. The highest BCUT2D eigenvalue weighted by Gasteiger charge is 2.04. The Balaban J connectivity index is 2.09. The maximum atomic E-state index is 10.7. The van der Waals surface area contributed by atoms with Gasteiger partial charge in [-0.2, -0.15) is 0 Å². The van der Waals surface area contributed by atoms with Crippen LogP contribution in [-0.2, 0) is 22.7 Å². The Hall–Kier alpha value is -1.72. The Morgan fingerprint density at radius 3 is 2.67 bits per heavy atom. The number of aliphatic hydroxyl groups is 1. The summed E-state index contributed by atoms with van der Waals surface area (Å²) in [5, 5.41) is 11.7. The number of rotatable bonds is 4. The molecule has 0 spiro atoms. The van der Waals surface area contributed by atoms with Crippen molar-refractivity contribution in [3.05, 3.63) is 40.9 Å². The summed E-state index contributed by atoms with van der Waals surface area (Å²) in [6.45, 7) is 1.64. The van der Waals surface area contributed by atoms with E-state index in [0.717, 1.165) is 16.1 Å². The minimum absolute atomic E-state index is 0.0406. The van der Waals surface area contributed by atoms with Crippen LogP contribution in [0.1, 0.15) is 18.2 Å². The third-order valence-corrected chi connectivity index (χ3v) is 3.30. The highest BCUT2D eigenvalue weighted by Crippen LogP contribution is 2.24. The van der Waals surface area contributed by atoms with Gasteiger partial charge in [-0.15, -0.1) is 11.3 Å². The third-order valence-electron chi connectivity index (χ3n) is 2.36. The molecule has 1 aromatic carbocycles. The van der Waals surface area contributed by atoms with E-state index >= 15 is 0 Å². The molecule has 0 saturated heterocycles. The van der Waals surface area contributed by atoms with E-state index in [2.05, 4.69) is 4.98 Å². The van der Waals surface area contributed by atoms with Crippen LogP contribution in [0.4, 0.5) is 0 Å². The summed E-state index contributed by atoms with van der Waals surface area (Å²) in [7, 11) is 0. The number of aromatic nitrogens is 1. The van der Waals surface area contributed by atoms with Gasteiger partial charge in [0.1, 0.15) is 11.6 Å². The molecule has 0 fully saturated rings. The van der Waals surface area contributed by atoms with Gasteiger partial charge in [-0.1, -0.05) is 24.3 Å². The lowest BCUT2D eigenvalue weighted by atomic mass is 10.1. The van der Waals surface area contributed by atoms with Gasteiger partial charge >= 0.3 is 5.97 Å². The summed E-state index contributed by atoms with van der Waals surface area (Å²) < 4.78 is 4.91. The van der Waals surface area contributed by atoms with E-state index in [1.165, 1.54) is 18.3 Å². The molecular formula is C13H13NO3S. The zero-order chi connectivity index (χ0) is 13.0. The van der Waals surface area contributed by atoms with Crippen LogP contribution in [-0.4, -0.2) is 16.1 Å². The maximum Gasteiger partial charge on any atom is 0.302 e. The monoisotopic (exact) mass is 263 g/mol. The van der Waals surface area contributed by atoms with E-state index in [-0.39, 0.29) is 19.2 Å². The van der Waals surface area contributed by atoms with E-state index in [0.29, 0.717) is 5.69 Å². The molecule has 0 atom stereocenters. The Kier molecular flexibility index (Phi) is 4.07. The van der Waals surface area contributed by atoms with Crippen LogP contribution in [0.5, 0.6) is 0 Å². The molecular weight excluding hydrogens is 250 g/mol. The first-order chi connectivity index (χ1) is 8.69. The summed E-state index contributed by atoms with van der Waals surface area (Å²) in [6, 6.07) is 7.66. The van der Waals surface area contributed by atoms with Crippen molar-refractivity contribution in [2.24, 2.45) is 0 Å². The van der Waals surface area contributed by atoms with E-state index in [4.69, 9.17) is 9.84 Å². The normalized spacial score (nSPS) is 10.3. The molecule has 0 bridgehead atoms. The van der Waals surface area contributed by atoms with Crippen molar-refractivity contribution in [2.75, 3.05) is 0 Å². The van der Waals surface area contributed by atoms with Gasteiger partial charge in [0, 0.05) is 17.9 Å². The fourth-order valence-corrected chi connectivity index (χ4v) is 2.26. The summed E-state index contributed by atoms with van der Waals surface area (Å²) in [6.07, 6.45) is 0. The minimum atomic E-state index is -0.286. The second-order valence-corrected chi connectivity index (χ2v) is 4.64. The van der Waals surface area contributed by atoms with Crippen molar-refractivity contribution in [2.45, 2.75) is 20.1 Å². The summed E-state index contributed by atoms with van der Waals surface area (Å²) >= 11 is 1.49. The Labute approximate surface area is 109 Å². The average molecular weight is 263 g/mol. The number of hydrogen-bond donors (Lipinski definition) is 1. The zero-order valence-electron chi connectivity index (χ0n) is 9.92. The highest BCUT2D eigenvalue weighted by molar-refractivity contribution is 7.13. The van der Waals surface area contributed by atoms with Gasteiger partial charge in [0.15, 0.2) is 0 Å². The van der Waals surface area contributed by atoms with E-state index in [1.807, 2.05) is 29.6 Å². The number of carbonyl (C=O) groups is 1. The van der Waals surface area contributed by atoms with Crippen molar-refractivity contribution in [1.29, 1.82) is 0 Å². The van der Waals surface area contributed by atoms with Crippen molar-refractivity contribution >= 4 is 17.3 Å². The average Bonchev–Trinajstić information content (AvgIpc) is 2.85. The van der Waals surface area contributed by atoms with Gasteiger partial charge < -0.3 is 9.84 Å². The second-order valence-electron chi connectivity index (χ2n) is 3.78. The smallest absolute Gasteiger partial charge is 0.302 e. The predicted octanol–water partition coefficient (Wildman–Crippen LogP) is 2.37. The number of esters is 1. The van der Waals surface area contributed by atoms with Crippen molar-refractivity contribution in [3.63, 3.8) is 0 Å². The van der Waals surface area contributed by atoms with Crippen LogP contribution in [0.2, 0.25) is 0 Å². The number of thiazole rings is 1. The number of ether oxygens (including phenoxy) is 1. The predicted molar refractivity (Wildman–Crippen MR) is 68.9 cm³/mol. The maximum absolute atomic E-state index is 10.7. The first-order valence-electron chi connectivity index (χ1n) is 5.47. The largest absolute Gasteiger partial charge is 0.461 e. The fourth-order valence-electron chi connectivity index (χ4n) is 1.44. The van der Waals surface area contributed by atoms with Crippen LogP contribution in [0.15, 0.2) is 29.6 Å². The Morgan fingerprint density at radius 2 is 2.11 bits per heavy atom. The van der Waals surface area contributed by atoms with Gasteiger partial charge in [-0.05, 0) is 5.56 Å². The van der Waals surface area contributed by atoms with Crippen molar-refractivity contribution < 1.29 is 14.6 Å². The van der Waals surface area contributed by atoms with Crippen LogP contribution in [0, 0.1) is 0 Å². The standard InChI is InChI=1S/C13H13NO3S/c1-9(16)17-7-10-2-4-11(5-3-10)13-14-12(6-15)8-18-13/h2-5,8,15H,6-7H2,1H3. The zero-order valence-corrected chi connectivity index (χ0v) is 10.7. The number of nitrogens with zero attached hydrogens (tertiary/aromatic N) is 1. The van der Waals surface area contributed by atoms with Gasteiger partial charge in [0.2, 0.25) is 0 Å². The van der Waals surface area contributed by atoms with Crippen LogP contribution in [0.3, 0.4) is 0 Å². The van der Waals surface area contributed by atoms with Crippen LogP contribution >= 0.6 is 11.3 Å². The number of carbonyl (C=O) groups excluding carboxylic acids is 1. The summed E-state index contributed by atoms with van der Waals surface area (Å²) in [4.78, 5) is 15.0. The molecule has 4 nitrogen and oxygen atoms in total. The molecule has 0 aliphatic heterocycles. The summed E-state index contributed by atoms with van der Waals surface area (Å²) in [5.74, 6) is -0.286. The molecule has 2 aromatic rings. The first-order valence-corrected chi connectivity index (χ1v) is 6.35. The van der Waals surface area contributed by atoms with Gasteiger partial charge in [0.05, 0.1) is 12.3 Å². The molecule has 0 amide bonds. The summed E-state index contributed by atoms with van der Waals surface area (Å²) in [5.41, 5.74) is 2.61. The van der Waals surface area contributed by atoms with E-state index < -0.39 is 0 Å². The Bertz CT molecular complexity index is 533. The van der Waals surface area contributed by atoms with Gasteiger partial charge in [-0.3, -0.25) is 4.79 Å². The molecule has 5 heteroatoms. The quantitative estimate of drug-likeness (QED) is 0.860. The SMILES string of the molecule is CC(=O)OCc1ccc(-c2nc(CO)cs2)cc1. The van der Waals surface area contributed by atoms with Gasteiger partial charge in [-0.25, -0.2) is 4.98 Å². The van der Waals surface area contributed by atoms with Crippen LogP contribution < -0.4 is 0 Å². The van der Waals surface area contributed by atoms with Gasteiger partial charge in [0.25, 0.3) is 0 Å². The molecule has 0 radical (unpaired) electrons. The third kappa shape index (κ3) is 3.15. The molecule has 18 heavy (non-hydrogen) atoms. The number of hydrogen-bond acceptors (Lipinski definition) is 5. The Morgan fingerprint density at radius 1 is 1.39 bits per heavy atom. The molecule has 1 heterocycles. The molecule has 94 valence electrons. The molecule has 1 N–H and O–H groups in total. The fraction of sp³-hybridized carbons (Fsp3) is 0.231. The molecule has 0 saturated carbocycles. The van der Waals surface area contributed by atoms with E-state index in [1.54, 1.807) is 0 Å². The minimum Gasteiger partial charge on any atom is -0.461 e. The topological polar surface area (TPSA) is 59.4 Å². The highest BCUT2D eigenvalue weighted by atomic mass is 32.1. The number of benzene rings is 1. The van der Waals surface area contributed by atoms with Crippen molar-refractivity contribution in [3.8, 4) is 10.6 Å². The van der Waals surface area contributed by atoms with Crippen LogP contribution in [0.25, 0.3) is 10.6 Å². The molecule has 1 aromatic heterocycles. The lowest BCUT2D eigenvalue weighted by Crippen LogP contribution is -1.98. The number of aliphatic hydroxyl groups excluding tert-OH is 1. The molecule has 0 unspecified atom stereocenters. The van der Waals surface area contributed by atoms with Crippen molar-refractivity contribution in [1.82, 2.24) is 4.98 Å². The second kappa shape index (κ2) is 5.75. The lowest BCUT2D eigenvalue weighted by molar-refractivity contribution is -0.142. The lowest BCUT2D eigenvalue weighted by Gasteiger charge is -2.02. The molecule has 2 rings (SSSR count).